The van der Waals surface area contributed by atoms with Gasteiger partial charge < -0.3 is 9.84 Å². The molecule has 1 unspecified atom stereocenters. The summed E-state index contributed by atoms with van der Waals surface area (Å²) in [4.78, 5) is 11.7. The van der Waals surface area contributed by atoms with Crippen LogP contribution in [0.1, 0.15) is 52.4 Å². The van der Waals surface area contributed by atoms with Gasteiger partial charge in [-0.1, -0.05) is 26.7 Å². The van der Waals surface area contributed by atoms with Gasteiger partial charge in [0.1, 0.15) is 0 Å². The van der Waals surface area contributed by atoms with E-state index < -0.39 is 11.4 Å². The van der Waals surface area contributed by atoms with Crippen LogP contribution in [0.5, 0.6) is 0 Å². The second kappa shape index (κ2) is 6.39. The van der Waals surface area contributed by atoms with Gasteiger partial charge in [-0.25, -0.2) is 0 Å². The standard InChI is InChI=1S/C14H26O3/c1-11(2)8-9-14(10-17-3,13(15)16)12-6-4-5-7-12/h11-12H,4-10H2,1-3H3,(H,15,16). The number of hydrogen-bond acceptors (Lipinski definition) is 2. The first-order valence-electron chi connectivity index (χ1n) is 6.75. The Morgan fingerprint density at radius 3 is 2.41 bits per heavy atom. The first kappa shape index (κ1) is 14.5. The van der Waals surface area contributed by atoms with E-state index >= 15 is 0 Å². The van der Waals surface area contributed by atoms with Gasteiger partial charge in [-0.15, -0.1) is 0 Å². The number of carboxylic acid groups (broad SMARTS) is 1. The minimum atomic E-state index is -0.660. The third-order valence-corrected chi connectivity index (χ3v) is 4.13. The Balaban J connectivity index is 2.81. The average molecular weight is 242 g/mol. The molecule has 0 aromatic carbocycles. The maximum atomic E-state index is 11.7. The molecule has 0 aromatic rings. The van der Waals surface area contributed by atoms with Gasteiger partial charge in [0.05, 0.1) is 12.0 Å². The van der Waals surface area contributed by atoms with Crippen molar-refractivity contribution in [3.63, 3.8) is 0 Å². The van der Waals surface area contributed by atoms with E-state index in [2.05, 4.69) is 13.8 Å². The molecule has 0 amide bonds. The quantitative estimate of drug-likeness (QED) is 0.745. The molecule has 3 heteroatoms. The molecular formula is C14H26O3. The average Bonchev–Trinajstić information content (AvgIpc) is 2.77. The Morgan fingerprint density at radius 2 is 2.00 bits per heavy atom. The van der Waals surface area contributed by atoms with Gasteiger partial charge in [-0.05, 0) is 37.5 Å². The highest BCUT2D eigenvalue weighted by molar-refractivity contribution is 5.75. The lowest BCUT2D eigenvalue weighted by Gasteiger charge is -2.35. The van der Waals surface area contributed by atoms with E-state index in [1.54, 1.807) is 7.11 Å². The predicted molar refractivity (Wildman–Crippen MR) is 68.0 cm³/mol. The van der Waals surface area contributed by atoms with Gasteiger partial charge in [0, 0.05) is 7.11 Å². The van der Waals surface area contributed by atoms with Crippen molar-refractivity contribution >= 4 is 5.97 Å². The molecule has 1 saturated carbocycles. The number of carbonyl (C=O) groups is 1. The van der Waals surface area contributed by atoms with Crippen molar-refractivity contribution in [3.05, 3.63) is 0 Å². The maximum Gasteiger partial charge on any atom is 0.312 e. The van der Waals surface area contributed by atoms with E-state index in [9.17, 15) is 9.90 Å². The van der Waals surface area contributed by atoms with Crippen LogP contribution in [-0.4, -0.2) is 24.8 Å². The van der Waals surface area contributed by atoms with Gasteiger partial charge in [0.15, 0.2) is 0 Å². The fourth-order valence-electron chi connectivity index (χ4n) is 3.02. The van der Waals surface area contributed by atoms with Crippen LogP contribution < -0.4 is 0 Å². The molecule has 1 aliphatic carbocycles. The molecule has 1 fully saturated rings. The Morgan fingerprint density at radius 1 is 1.41 bits per heavy atom. The molecule has 0 bridgehead atoms. The summed E-state index contributed by atoms with van der Waals surface area (Å²) in [5, 5.41) is 9.65. The monoisotopic (exact) mass is 242 g/mol. The van der Waals surface area contributed by atoms with Crippen molar-refractivity contribution in [2.75, 3.05) is 13.7 Å². The van der Waals surface area contributed by atoms with E-state index in [0.29, 0.717) is 18.4 Å². The lowest BCUT2D eigenvalue weighted by molar-refractivity contribution is -0.158. The van der Waals surface area contributed by atoms with E-state index in [0.717, 1.165) is 25.7 Å². The molecule has 17 heavy (non-hydrogen) atoms. The molecule has 0 radical (unpaired) electrons. The first-order chi connectivity index (χ1) is 8.03. The SMILES string of the molecule is COCC(CCC(C)C)(C(=O)O)C1CCCC1. The molecule has 1 aliphatic rings. The van der Waals surface area contributed by atoms with Crippen LogP contribution in [0.2, 0.25) is 0 Å². The number of hydrogen-bond donors (Lipinski definition) is 1. The fourth-order valence-corrected chi connectivity index (χ4v) is 3.02. The Hall–Kier alpha value is -0.570. The molecule has 0 heterocycles. The molecule has 1 N–H and O–H groups in total. The number of carboxylic acids is 1. The zero-order valence-corrected chi connectivity index (χ0v) is 11.4. The number of rotatable bonds is 7. The predicted octanol–water partition coefficient (Wildman–Crippen LogP) is 3.33. The summed E-state index contributed by atoms with van der Waals surface area (Å²) in [6.07, 6.45) is 6.16. The van der Waals surface area contributed by atoms with Crippen LogP contribution in [0.25, 0.3) is 0 Å². The minimum absolute atomic E-state index is 0.304. The second-order valence-corrected chi connectivity index (χ2v) is 5.81. The van der Waals surface area contributed by atoms with Crippen molar-refractivity contribution < 1.29 is 14.6 Å². The van der Waals surface area contributed by atoms with Gasteiger partial charge >= 0.3 is 5.97 Å². The molecule has 0 spiro atoms. The summed E-state index contributed by atoms with van der Waals surface area (Å²) < 4.78 is 5.23. The van der Waals surface area contributed by atoms with Gasteiger partial charge in [-0.3, -0.25) is 4.79 Å². The summed E-state index contributed by atoms with van der Waals surface area (Å²) in [6.45, 7) is 4.65. The van der Waals surface area contributed by atoms with Crippen molar-refractivity contribution in [1.29, 1.82) is 0 Å². The fraction of sp³-hybridized carbons (Fsp3) is 0.929. The van der Waals surface area contributed by atoms with Crippen LogP contribution in [0.4, 0.5) is 0 Å². The highest BCUT2D eigenvalue weighted by atomic mass is 16.5. The molecule has 100 valence electrons. The minimum Gasteiger partial charge on any atom is -0.481 e. The van der Waals surface area contributed by atoms with Gasteiger partial charge in [0.25, 0.3) is 0 Å². The van der Waals surface area contributed by atoms with Crippen molar-refractivity contribution in [2.24, 2.45) is 17.3 Å². The molecule has 1 atom stereocenters. The van der Waals surface area contributed by atoms with Crippen LogP contribution in [0, 0.1) is 17.3 Å². The van der Waals surface area contributed by atoms with Crippen LogP contribution >= 0.6 is 0 Å². The summed E-state index contributed by atoms with van der Waals surface area (Å²) >= 11 is 0. The highest BCUT2D eigenvalue weighted by Crippen LogP contribution is 2.44. The largest absolute Gasteiger partial charge is 0.481 e. The smallest absolute Gasteiger partial charge is 0.312 e. The highest BCUT2D eigenvalue weighted by Gasteiger charge is 2.46. The summed E-state index contributed by atoms with van der Waals surface area (Å²) in [6, 6.07) is 0. The van der Waals surface area contributed by atoms with E-state index in [1.807, 2.05) is 0 Å². The lowest BCUT2D eigenvalue weighted by Crippen LogP contribution is -2.42. The van der Waals surface area contributed by atoms with Crippen molar-refractivity contribution in [2.45, 2.75) is 52.4 Å². The zero-order chi connectivity index (χ0) is 12.9. The number of ether oxygens (including phenoxy) is 1. The van der Waals surface area contributed by atoms with E-state index in [-0.39, 0.29) is 0 Å². The third-order valence-electron chi connectivity index (χ3n) is 4.13. The second-order valence-electron chi connectivity index (χ2n) is 5.81. The maximum absolute atomic E-state index is 11.7. The van der Waals surface area contributed by atoms with Crippen LogP contribution in [-0.2, 0) is 9.53 Å². The summed E-state index contributed by atoms with van der Waals surface area (Å²) in [5.41, 5.74) is -0.643. The normalized spacial score (nSPS) is 20.7. The number of methoxy groups -OCH3 is 1. The molecular weight excluding hydrogens is 216 g/mol. The van der Waals surface area contributed by atoms with Crippen molar-refractivity contribution in [1.82, 2.24) is 0 Å². The van der Waals surface area contributed by atoms with Gasteiger partial charge in [-0.2, -0.15) is 0 Å². The lowest BCUT2D eigenvalue weighted by atomic mass is 9.71. The topological polar surface area (TPSA) is 46.5 Å². The van der Waals surface area contributed by atoms with Gasteiger partial charge in [0.2, 0.25) is 0 Å². The molecule has 1 rings (SSSR count). The van der Waals surface area contributed by atoms with Crippen molar-refractivity contribution in [3.8, 4) is 0 Å². The summed E-state index contributed by atoms with van der Waals surface area (Å²) in [5.74, 6) is 0.192. The molecule has 0 aliphatic heterocycles. The third kappa shape index (κ3) is 3.44. The number of aliphatic carboxylic acids is 1. The molecule has 3 nitrogen and oxygen atoms in total. The van der Waals surface area contributed by atoms with E-state index in [1.165, 1.54) is 12.8 Å². The Labute approximate surface area is 105 Å². The Kier molecular flexibility index (Phi) is 5.44. The zero-order valence-electron chi connectivity index (χ0n) is 11.4. The van der Waals surface area contributed by atoms with Crippen LogP contribution in [0.15, 0.2) is 0 Å². The van der Waals surface area contributed by atoms with E-state index in [4.69, 9.17) is 4.74 Å². The summed E-state index contributed by atoms with van der Waals surface area (Å²) in [7, 11) is 1.61. The van der Waals surface area contributed by atoms with Crippen LogP contribution in [0.3, 0.4) is 0 Å². The Bertz CT molecular complexity index is 244. The molecule has 0 saturated heterocycles. The first-order valence-corrected chi connectivity index (χ1v) is 6.75. The molecule has 0 aromatic heterocycles.